The second-order valence-electron chi connectivity index (χ2n) is 7.79. The molecule has 0 saturated carbocycles. The Labute approximate surface area is 182 Å². The molecule has 4 heteroatoms. The van der Waals surface area contributed by atoms with Gasteiger partial charge in [0.2, 0.25) is 0 Å². The van der Waals surface area contributed by atoms with E-state index in [2.05, 4.69) is 41.7 Å². The number of fused-ring (bicyclic) bond motifs is 3. The molecule has 0 amide bonds. The number of hydrogen-bond donors (Lipinski definition) is 1. The first-order valence-corrected chi connectivity index (χ1v) is 10.8. The van der Waals surface area contributed by atoms with Gasteiger partial charge in [0.25, 0.3) is 0 Å². The fourth-order valence-electron chi connectivity index (χ4n) is 4.50. The molecule has 1 aliphatic carbocycles. The fraction of sp³-hybridized carbons (Fsp3) is 0.231. The Morgan fingerprint density at radius 3 is 2.43 bits per heavy atom. The molecule has 152 valence electrons. The lowest BCUT2D eigenvalue weighted by Gasteiger charge is -2.37. The minimum absolute atomic E-state index is 0.279. The molecule has 1 heterocycles. The van der Waals surface area contributed by atoms with E-state index in [0.717, 1.165) is 22.9 Å². The molecule has 5 rings (SSSR count). The van der Waals surface area contributed by atoms with E-state index in [1.807, 2.05) is 48.5 Å². The second-order valence-corrected chi connectivity index (χ2v) is 8.22. The van der Waals surface area contributed by atoms with Crippen LogP contribution in [0.4, 0.5) is 5.69 Å². The number of anilines is 1. The zero-order valence-electron chi connectivity index (χ0n) is 16.6. The summed E-state index contributed by atoms with van der Waals surface area (Å²) in [7, 11) is 0. The number of ether oxygens (including phenoxy) is 2. The Kier molecular flexibility index (Phi) is 5.37. The lowest BCUT2D eigenvalue weighted by atomic mass is 9.77. The van der Waals surface area contributed by atoms with Crippen molar-refractivity contribution in [1.82, 2.24) is 0 Å². The third-order valence-electron chi connectivity index (χ3n) is 5.93. The van der Waals surface area contributed by atoms with E-state index in [9.17, 15) is 0 Å². The van der Waals surface area contributed by atoms with Crippen LogP contribution < -0.4 is 14.8 Å². The van der Waals surface area contributed by atoms with E-state index < -0.39 is 0 Å². The number of benzene rings is 3. The monoisotopic (exact) mass is 417 g/mol. The van der Waals surface area contributed by atoms with E-state index in [0.29, 0.717) is 25.0 Å². The SMILES string of the molecule is Clc1ccc(C2Nc3ccc(OCCOc4ccccc4)cc3C3C=CCC32)cc1. The fourth-order valence-corrected chi connectivity index (χ4v) is 4.62. The summed E-state index contributed by atoms with van der Waals surface area (Å²) in [6.45, 7) is 1.03. The highest BCUT2D eigenvalue weighted by Gasteiger charge is 2.38. The van der Waals surface area contributed by atoms with Crippen LogP contribution in [0.5, 0.6) is 11.5 Å². The van der Waals surface area contributed by atoms with E-state index in [1.54, 1.807) is 0 Å². The van der Waals surface area contributed by atoms with Crippen LogP contribution in [0.3, 0.4) is 0 Å². The summed E-state index contributed by atoms with van der Waals surface area (Å²) in [4.78, 5) is 0. The molecule has 0 bridgehead atoms. The molecule has 3 nitrogen and oxygen atoms in total. The topological polar surface area (TPSA) is 30.5 Å². The van der Waals surface area contributed by atoms with Crippen molar-refractivity contribution < 1.29 is 9.47 Å². The van der Waals surface area contributed by atoms with E-state index in [4.69, 9.17) is 21.1 Å². The minimum Gasteiger partial charge on any atom is -0.490 e. The highest BCUT2D eigenvalue weighted by atomic mass is 35.5. The average Bonchev–Trinajstić information content (AvgIpc) is 3.28. The molecular weight excluding hydrogens is 394 g/mol. The number of allylic oxidation sites excluding steroid dienone is 2. The summed E-state index contributed by atoms with van der Waals surface area (Å²) in [5.41, 5.74) is 3.76. The second kappa shape index (κ2) is 8.45. The molecule has 3 atom stereocenters. The quantitative estimate of drug-likeness (QED) is 0.361. The Balaban J connectivity index is 1.29. The first-order chi connectivity index (χ1) is 14.8. The largest absolute Gasteiger partial charge is 0.490 e. The number of nitrogens with one attached hydrogen (secondary N) is 1. The van der Waals surface area contributed by atoms with Gasteiger partial charge in [0.1, 0.15) is 24.7 Å². The molecular formula is C26H24ClNO2. The van der Waals surface area contributed by atoms with Crippen molar-refractivity contribution in [3.05, 3.63) is 101 Å². The van der Waals surface area contributed by atoms with Gasteiger partial charge in [-0.25, -0.2) is 0 Å². The van der Waals surface area contributed by atoms with Gasteiger partial charge in [0.05, 0.1) is 6.04 Å². The minimum atomic E-state index is 0.279. The Bertz CT molecular complexity index is 1030. The first kappa shape index (κ1) is 19.1. The third-order valence-corrected chi connectivity index (χ3v) is 6.18. The third kappa shape index (κ3) is 3.90. The van der Waals surface area contributed by atoms with Gasteiger partial charge in [-0.15, -0.1) is 0 Å². The molecule has 0 radical (unpaired) electrons. The van der Waals surface area contributed by atoms with Gasteiger partial charge in [0, 0.05) is 16.6 Å². The smallest absolute Gasteiger partial charge is 0.122 e. The Morgan fingerprint density at radius 2 is 1.63 bits per heavy atom. The van der Waals surface area contributed by atoms with Gasteiger partial charge in [-0.1, -0.05) is 54.1 Å². The number of rotatable bonds is 6. The Morgan fingerprint density at radius 1 is 0.867 bits per heavy atom. The van der Waals surface area contributed by atoms with Gasteiger partial charge in [-0.2, -0.15) is 0 Å². The van der Waals surface area contributed by atoms with Crippen molar-refractivity contribution in [1.29, 1.82) is 0 Å². The lowest BCUT2D eigenvalue weighted by Crippen LogP contribution is -2.29. The van der Waals surface area contributed by atoms with Crippen molar-refractivity contribution >= 4 is 17.3 Å². The van der Waals surface area contributed by atoms with Crippen molar-refractivity contribution in [2.45, 2.75) is 18.4 Å². The standard InChI is InChI=1S/C26H24ClNO2/c27-19-11-9-18(10-12-19)26-23-8-4-7-22(23)24-17-21(13-14-25(24)28-26)30-16-15-29-20-5-2-1-3-6-20/h1-7,9-14,17,22-23,26,28H,8,15-16H2. The summed E-state index contributed by atoms with van der Waals surface area (Å²) in [5, 5.41) is 4.53. The van der Waals surface area contributed by atoms with E-state index >= 15 is 0 Å². The normalized spacial score (nSPS) is 21.4. The lowest BCUT2D eigenvalue weighted by molar-refractivity contribution is 0.217. The van der Waals surface area contributed by atoms with Crippen molar-refractivity contribution in [2.75, 3.05) is 18.5 Å². The molecule has 0 fully saturated rings. The summed E-state index contributed by atoms with van der Waals surface area (Å²) >= 11 is 6.09. The van der Waals surface area contributed by atoms with Crippen LogP contribution in [-0.4, -0.2) is 13.2 Å². The highest BCUT2D eigenvalue weighted by molar-refractivity contribution is 6.30. The maximum Gasteiger partial charge on any atom is 0.122 e. The maximum absolute atomic E-state index is 6.09. The van der Waals surface area contributed by atoms with Gasteiger partial charge in [0.15, 0.2) is 0 Å². The van der Waals surface area contributed by atoms with Crippen LogP contribution in [-0.2, 0) is 0 Å². The van der Waals surface area contributed by atoms with Gasteiger partial charge >= 0.3 is 0 Å². The molecule has 0 saturated heterocycles. The van der Waals surface area contributed by atoms with Crippen LogP contribution in [0.25, 0.3) is 0 Å². The van der Waals surface area contributed by atoms with Crippen LogP contribution in [0.15, 0.2) is 84.9 Å². The molecule has 30 heavy (non-hydrogen) atoms. The van der Waals surface area contributed by atoms with Crippen LogP contribution in [0.2, 0.25) is 5.02 Å². The van der Waals surface area contributed by atoms with Crippen LogP contribution in [0.1, 0.15) is 29.5 Å². The van der Waals surface area contributed by atoms with Gasteiger partial charge in [-0.3, -0.25) is 0 Å². The number of halogens is 1. The number of para-hydroxylation sites is 1. The first-order valence-electron chi connectivity index (χ1n) is 10.4. The summed E-state index contributed by atoms with van der Waals surface area (Å²) in [6, 6.07) is 24.6. The number of hydrogen-bond acceptors (Lipinski definition) is 3. The van der Waals surface area contributed by atoms with Crippen molar-refractivity contribution in [2.24, 2.45) is 5.92 Å². The van der Waals surface area contributed by atoms with E-state index in [1.165, 1.54) is 16.8 Å². The molecule has 3 aromatic rings. The zero-order chi connectivity index (χ0) is 20.3. The molecule has 0 aromatic heterocycles. The molecule has 0 spiro atoms. The van der Waals surface area contributed by atoms with E-state index in [-0.39, 0.29) is 6.04 Å². The van der Waals surface area contributed by atoms with Crippen LogP contribution in [0, 0.1) is 5.92 Å². The molecule has 1 N–H and O–H groups in total. The summed E-state index contributed by atoms with van der Waals surface area (Å²) in [5.74, 6) is 2.64. The summed E-state index contributed by atoms with van der Waals surface area (Å²) in [6.07, 6.45) is 5.71. The van der Waals surface area contributed by atoms with Gasteiger partial charge in [-0.05, 0) is 65.9 Å². The molecule has 3 aromatic carbocycles. The molecule has 1 aliphatic heterocycles. The van der Waals surface area contributed by atoms with Crippen molar-refractivity contribution in [3.8, 4) is 11.5 Å². The predicted octanol–water partition coefficient (Wildman–Crippen LogP) is 6.62. The predicted molar refractivity (Wildman–Crippen MR) is 122 cm³/mol. The molecule has 3 unspecified atom stereocenters. The van der Waals surface area contributed by atoms with Crippen LogP contribution >= 0.6 is 11.6 Å². The highest BCUT2D eigenvalue weighted by Crippen LogP contribution is 2.50. The zero-order valence-corrected chi connectivity index (χ0v) is 17.4. The van der Waals surface area contributed by atoms with Crippen molar-refractivity contribution in [3.63, 3.8) is 0 Å². The summed E-state index contributed by atoms with van der Waals surface area (Å²) < 4.78 is 11.7. The average molecular weight is 418 g/mol. The molecule has 2 aliphatic rings. The Hall–Kier alpha value is -2.91. The van der Waals surface area contributed by atoms with Gasteiger partial charge < -0.3 is 14.8 Å². The maximum atomic E-state index is 6.09.